The highest BCUT2D eigenvalue weighted by molar-refractivity contribution is 7.92. The molecule has 0 aliphatic carbocycles. The quantitative estimate of drug-likeness (QED) is 0.791. The van der Waals surface area contributed by atoms with Crippen molar-refractivity contribution in [2.45, 2.75) is 40.2 Å². The number of hydrogen-bond donors (Lipinski definition) is 2. The minimum Gasteiger partial charge on any atom is -0.268 e. The van der Waals surface area contributed by atoms with Crippen molar-refractivity contribution in [1.82, 2.24) is 14.9 Å². The molecule has 1 aromatic heterocycles. The molecule has 0 aliphatic heterocycles. The highest BCUT2D eigenvalue weighted by atomic mass is 32.2. The third-order valence-electron chi connectivity index (χ3n) is 3.93. The fraction of sp³-hybridized carbons (Fsp3) is 0.333. The standard InChI is InChI=1S/C18H23N3O3S/c1-4-15-16(18(22)21-20-17(15)5-2)12-19-25(23,24)11-10-14-8-6-13(3)7-9-14/h6-11,19H,4-5,12H2,1-3H3,(H,21,22). The van der Waals surface area contributed by atoms with E-state index in [2.05, 4.69) is 14.9 Å². The molecule has 0 saturated heterocycles. The second-order valence-electron chi connectivity index (χ2n) is 5.74. The molecule has 0 saturated carbocycles. The minimum atomic E-state index is -3.65. The highest BCUT2D eigenvalue weighted by Gasteiger charge is 2.14. The van der Waals surface area contributed by atoms with Gasteiger partial charge in [0.25, 0.3) is 5.56 Å². The van der Waals surface area contributed by atoms with Gasteiger partial charge in [-0.25, -0.2) is 18.2 Å². The van der Waals surface area contributed by atoms with E-state index >= 15 is 0 Å². The minimum absolute atomic E-state index is 0.0609. The Morgan fingerprint density at radius 2 is 1.80 bits per heavy atom. The van der Waals surface area contributed by atoms with Gasteiger partial charge < -0.3 is 0 Å². The molecule has 2 N–H and O–H groups in total. The molecule has 2 rings (SSSR count). The zero-order chi connectivity index (χ0) is 18.4. The Morgan fingerprint density at radius 1 is 1.12 bits per heavy atom. The Morgan fingerprint density at radius 3 is 2.40 bits per heavy atom. The van der Waals surface area contributed by atoms with Crippen LogP contribution in [0.3, 0.4) is 0 Å². The Balaban J connectivity index is 2.17. The van der Waals surface area contributed by atoms with Crippen molar-refractivity contribution in [3.63, 3.8) is 0 Å². The van der Waals surface area contributed by atoms with Gasteiger partial charge in [0.15, 0.2) is 0 Å². The lowest BCUT2D eigenvalue weighted by Crippen LogP contribution is -2.28. The number of nitrogens with zero attached hydrogens (tertiary/aromatic N) is 1. The largest absolute Gasteiger partial charge is 0.268 e. The van der Waals surface area contributed by atoms with Crippen LogP contribution < -0.4 is 10.3 Å². The predicted octanol–water partition coefficient (Wildman–Crippen LogP) is 2.29. The summed E-state index contributed by atoms with van der Waals surface area (Å²) in [4.78, 5) is 12.0. The number of benzene rings is 1. The van der Waals surface area contributed by atoms with Crippen molar-refractivity contribution in [2.75, 3.05) is 0 Å². The molecule has 0 fully saturated rings. The van der Waals surface area contributed by atoms with Crippen molar-refractivity contribution in [3.05, 3.63) is 68.0 Å². The maximum Gasteiger partial charge on any atom is 0.268 e. The summed E-state index contributed by atoms with van der Waals surface area (Å²) in [6, 6.07) is 7.52. The van der Waals surface area contributed by atoms with Crippen LogP contribution in [0.1, 0.15) is 41.8 Å². The van der Waals surface area contributed by atoms with E-state index in [4.69, 9.17) is 0 Å². The maximum atomic E-state index is 12.2. The fourth-order valence-electron chi connectivity index (χ4n) is 2.53. The second kappa shape index (κ2) is 8.22. The van der Waals surface area contributed by atoms with Gasteiger partial charge in [-0.3, -0.25) is 4.79 Å². The smallest absolute Gasteiger partial charge is 0.268 e. The van der Waals surface area contributed by atoms with E-state index in [-0.39, 0.29) is 12.1 Å². The van der Waals surface area contributed by atoms with Gasteiger partial charge in [-0.05, 0) is 37.0 Å². The molecule has 1 heterocycles. The van der Waals surface area contributed by atoms with Crippen molar-refractivity contribution in [1.29, 1.82) is 0 Å². The number of aromatic nitrogens is 2. The Hall–Kier alpha value is -2.25. The summed E-state index contributed by atoms with van der Waals surface area (Å²) in [6.07, 6.45) is 2.82. The number of hydrogen-bond acceptors (Lipinski definition) is 4. The lowest BCUT2D eigenvalue weighted by molar-refractivity contribution is 0.590. The first kappa shape index (κ1) is 19.1. The molecule has 6 nitrogen and oxygen atoms in total. The predicted molar refractivity (Wildman–Crippen MR) is 99.6 cm³/mol. The first-order valence-corrected chi connectivity index (χ1v) is 9.74. The maximum absolute atomic E-state index is 12.2. The average molecular weight is 361 g/mol. The Bertz CT molecular complexity index is 914. The van der Waals surface area contributed by atoms with Gasteiger partial charge in [-0.15, -0.1) is 0 Å². The number of nitrogens with one attached hydrogen (secondary N) is 2. The van der Waals surface area contributed by atoms with Gasteiger partial charge in [0, 0.05) is 17.5 Å². The summed E-state index contributed by atoms with van der Waals surface area (Å²) in [5.74, 6) is 0. The van der Waals surface area contributed by atoms with Crippen LogP contribution in [0.15, 0.2) is 34.5 Å². The van der Waals surface area contributed by atoms with Gasteiger partial charge in [0.05, 0.1) is 5.69 Å². The molecule has 25 heavy (non-hydrogen) atoms. The normalized spacial score (nSPS) is 12.0. The van der Waals surface area contributed by atoms with Gasteiger partial charge in [-0.2, -0.15) is 5.10 Å². The summed E-state index contributed by atoms with van der Waals surface area (Å²) in [6.45, 7) is 5.77. The van der Waals surface area contributed by atoms with Crippen molar-refractivity contribution >= 4 is 16.1 Å². The van der Waals surface area contributed by atoms with E-state index < -0.39 is 10.0 Å². The summed E-state index contributed by atoms with van der Waals surface area (Å²) in [7, 11) is -3.65. The van der Waals surface area contributed by atoms with Gasteiger partial charge >= 0.3 is 0 Å². The molecule has 2 aromatic rings. The van der Waals surface area contributed by atoms with Crippen LogP contribution in [0.4, 0.5) is 0 Å². The van der Waals surface area contributed by atoms with Crippen LogP contribution in [0, 0.1) is 6.92 Å². The first-order chi connectivity index (χ1) is 11.9. The third kappa shape index (κ3) is 5.11. The fourth-order valence-corrected chi connectivity index (χ4v) is 3.31. The molecular formula is C18H23N3O3S. The molecule has 7 heteroatoms. The van der Waals surface area contributed by atoms with Gasteiger partial charge in [-0.1, -0.05) is 43.7 Å². The van der Waals surface area contributed by atoms with Crippen LogP contribution >= 0.6 is 0 Å². The number of sulfonamides is 1. The summed E-state index contributed by atoms with van der Waals surface area (Å²) < 4.78 is 26.8. The van der Waals surface area contributed by atoms with E-state index in [0.29, 0.717) is 18.4 Å². The second-order valence-corrected chi connectivity index (χ2v) is 7.39. The van der Waals surface area contributed by atoms with E-state index in [1.165, 1.54) is 6.08 Å². The Labute approximate surface area is 148 Å². The lowest BCUT2D eigenvalue weighted by Gasteiger charge is -2.10. The third-order valence-corrected chi connectivity index (χ3v) is 4.98. The molecule has 0 atom stereocenters. The number of aromatic amines is 1. The topological polar surface area (TPSA) is 91.9 Å². The molecule has 1 aromatic carbocycles. The van der Waals surface area contributed by atoms with Crippen LogP contribution in [-0.2, 0) is 29.4 Å². The van der Waals surface area contributed by atoms with Crippen LogP contribution in [-0.4, -0.2) is 18.6 Å². The SMILES string of the molecule is CCc1n[nH]c(=O)c(CNS(=O)(=O)C=Cc2ccc(C)cc2)c1CC. The molecule has 0 aliphatic rings. The molecular weight excluding hydrogens is 338 g/mol. The summed E-state index contributed by atoms with van der Waals surface area (Å²) in [5, 5.41) is 7.57. The van der Waals surface area contributed by atoms with Gasteiger partial charge in [0.1, 0.15) is 0 Å². The van der Waals surface area contributed by atoms with Crippen LogP contribution in [0.25, 0.3) is 6.08 Å². The molecule has 0 amide bonds. The Kier molecular flexibility index (Phi) is 6.27. The van der Waals surface area contributed by atoms with E-state index in [9.17, 15) is 13.2 Å². The van der Waals surface area contributed by atoms with Crippen molar-refractivity contribution in [3.8, 4) is 0 Å². The molecule has 0 radical (unpaired) electrons. The number of rotatable bonds is 7. The number of H-pyrrole nitrogens is 1. The van der Waals surface area contributed by atoms with E-state index in [1.807, 2.05) is 45.0 Å². The molecule has 0 unspecified atom stereocenters. The zero-order valence-corrected chi connectivity index (χ0v) is 15.5. The van der Waals surface area contributed by atoms with Crippen LogP contribution in [0.2, 0.25) is 0 Å². The highest BCUT2D eigenvalue weighted by Crippen LogP contribution is 2.11. The summed E-state index contributed by atoms with van der Waals surface area (Å²) >= 11 is 0. The van der Waals surface area contributed by atoms with Gasteiger partial charge in [0.2, 0.25) is 10.0 Å². The molecule has 134 valence electrons. The monoisotopic (exact) mass is 361 g/mol. The summed E-state index contributed by atoms with van der Waals surface area (Å²) in [5.41, 5.74) is 3.54. The first-order valence-electron chi connectivity index (χ1n) is 8.20. The van der Waals surface area contributed by atoms with E-state index in [0.717, 1.165) is 27.8 Å². The average Bonchev–Trinajstić information content (AvgIpc) is 2.60. The zero-order valence-electron chi connectivity index (χ0n) is 14.7. The van der Waals surface area contributed by atoms with Crippen LogP contribution in [0.5, 0.6) is 0 Å². The lowest BCUT2D eigenvalue weighted by atomic mass is 10.0. The molecule has 0 bridgehead atoms. The van der Waals surface area contributed by atoms with Crippen molar-refractivity contribution in [2.24, 2.45) is 0 Å². The molecule has 0 spiro atoms. The van der Waals surface area contributed by atoms with E-state index in [1.54, 1.807) is 0 Å². The van der Waals surface area contributed by atoms with Crippen molar-refractivity contribution < 1.29 is 8.42 Å². The number of aryl methyl sites for hydroxylation is 2.